The second-order valence-electron chi connectivity index (χ2n) is 5.02. The summed E-state index contributed by atoms with van der Waals surface area (Å²) in [4.78, 5) is 16.8. The van der Waals surface area contributed by atoms with E-state index < -0.39 is 0 Å². The zero-order valence-electron chi connectivity index (χ0n) is 13.3. The molecule has 6 nitrogen and oxygen atoms in total. The minimum Gasteiger partial charge on any atom is -0.368 e. The molecule has 22 heavy (non-hydrogen) atoms. The Bertz CT molecular complexity index is 716. The Morgan fingerprint density at radius 2 is 1.82 bits per heavy atom. The first kappa shape index (κ1) is 15.6. The van der Waals surface area contributed by atoms with E-state index in [0.717, 1.165) is 17.0 Å². The average Bonchev–Trinajstić information content (AvgIpc) is 2.47. The summed E-state index contributed by atoms with van der Waals surface area (Å²) in [5.41, 5.74) is 9.65. The molecule has 0 atom stereocenters. The van der Waals surface area contributed by atoms with E-state index in [1.807, 2.05) is 51.1 Å². The van der Waals surface area contributed by atoms with Crippen molar-refractivity contribution in [3.63, 3.8) is 0 Å². The molecule has 1 heterocycles. The van der Waals surface area contributed by atoms with Gasteiger partial charge in [0.25, 0.3) is 0 Å². The number of nitrogen functional groups attached to an aromatic ring is 1. The van der Waals surface area contributed by atoms with Crippen LogP contribution in [0.5, 0.6) is 0 Å². The van der Waals surface area contributed by atoms with E-state index in [1.165, 1.54) is 5.56 Å². The molecular formula is C16H20N6. The van der Waals surface area contributed by atoms with E-state index >= 15 is 0 Å². The molecule has 1 aromatic carbocycles. The molecule has 1 aromatic heterocycles. The van der Waals surface area contributed by atoms with Crippen molar-refractivity contribution in [1.29, 1.82) is 0 Å². The average molecular weight is 296 g/mol. The van der Waals surface area contributed by atoms with Crippen LogP contribution < -0.4 is 11.1 Å². The Kier molecular flexibility index (Phi) is 4.83. The van der Waals surface area contributed by atoms with Gasteiger partial charge in [-0.3, -0.25) is 4.99 Å². The van der Waals surface area contributed by atoms with Gasteiger partial charge in [-0.15, -0.1) is 0 Å². The van der Waals surface area contributed by atoms with E-state index in [9.17, 15) is 0 Å². The van der Waals surface area contributed by atoms with Gasteiger partial charge in [0, 0.05) is 24.0 Å². The SMILES string of the molecule is CN=C(C)/C=C(/C)Nc1nc(N)nc(-c2ccc(C)cc2)n1. The third-order valence-electron chi connectivity index (χ3n) is 3.05. The number of rotatable bonds is 4. The van der Waals surface area contributed by atoms with E-state index in [-0.39, 0.29) is 5.95 Å². The van der Waals surface area contributed by atoms with Crippen molar-refractivity contribution in [1.82, 2.24) is 15.0 Å². The number of aryl methyl sites for hydroxylation is 1. The molecule has 0 spiro atoms. The Balaban J connectivity index is 2.31. The van der Waals surface area contributed by atoms with E-state index in [2.05, 4.69) is 25.3 Å². The van der Waals surface area contributed by atoms with Gasteiger partial charge in [-0.2, -0.15) is 15.0 Å². The molecule has 6 heteroatoms. The number of allylic oxidation sites excluding steroid dienone is 2. The van der Waals surface area contributed by atoms with Gasteiger partial charge in [0.05, 0.1) is 0 Å². The molecule has 0 saturated carbocycles. The van der Waals surface area contributed by atoms with Crippen molar-refractivity contribution >= 4 is 17.6 Å². The van der Waals surface area contributed by atoms with Crippen molar-refractivity contribution in [2.75, 3.05) is 18.1 Å². The number of aromatic nitrogens is 3. The zero-order chi connectivity index (χ0) is 16.1. The molecule has 0 amide bonds. The Morgan fingerprint density at radius 3 is 2.45 bits per heavy atom. The standard InChI is InChI=1S/C16H20N6/c1-10-5-7-13(8-6-10)14-20-15(17)22-16(21-14)19-12(3)9-11(2)18-4/h5-9H,1-4H3,(H3,17,19,20,21,22)/b12-9-,18-11?. The van der Waals surface area contributed by atoms with Crippen LogP contribution in [0, 0.1) is 6.92 Å². The molecule has 0 saturated heterocycles. The van der Waals surface area contributed by atoms with Crippen molar-refractivity contribution < 1.29 is 0 Å². The lowest BCUT2D eigenvalue weighted by molar-refractivity contribution is 1.06. The summed E-state index contributed by atoms with van der Waals surface area (Å²) in [5, 5.41) is 3.11. The predicted octanol–water partition coefficient (Wildman–Crippen LogP) is 2.84. The lowest BCUT2D eigenvalue weighted by atomic mass is 10.1. The van der Waals surface area contributed by atoms with Gasteiger partial charge in [-0.25, -0.2) is 0 Å². The van der Waals surface area contributed by atoms with Gasteiger partial charge in [-0.05, 0) is 26.8 Å². The Morgan fingerprint density at radius 1 is 1.14 bits per heavy atom. The first-order valence-electron chi connectivity index (χ1n) is 6.95. The topological polar surface area (TPSA) is 89.1 Å². The number of hydrogen-bond acceptors (Lipinski definition) is 6. The molecule has 114 valence electrons. The zero-order valence-corrected chi connectivity index (χ0v) is 13.3. The fraction of sp³-hybridized carbons (Fsp3) is 0.250. The van der Waals surface area contributed by atoms with Crippen LogP contribution in [-0.2, 0) is 0 Å². The number of anilines is 2. The smallest absolute Gasteiger partial charge is 0.232 e. The van der Waals surface area contributed by atoms with Gasteiger partial charge in [0.1, 0.15) is 0 Å². The highest BCUT2D eigenvalue weighted by molar-refractivity contribution is 5.93. The van der Waals surface area contributed by atoms with Crippen LogP contribution in [0.3, 0.4) is 0 Å². The molecule has 0 aliphatic heterocycles. The molecule has 0 radical (unpaired) electrons. The van der Waals surface area contributed by atoms with Gasteiger partial charge < -0.3 is 11.1 Å². The number of nitrogens with zero attached hydrogens (tertiary/aromatic N) is 4. The molecule has 2 rings (SSSR count). The monoisotopic (exact) mass is 296 g/mol. The molecule has 0 bridgehead atoms. The van der Waals surface area contributed by atoms with Gasteiger partial charge >= 0.3 is 0 Å². The number of nitrogens with two attached hydrogens (primary N) is 1. The van der Waals surface area contributed by atoms with Crippen molar-refractivity contribution in [2.45, 2.75) is 20.8 Å². The summed E-state index contributed by atoms with van der Waals surface area (Å²) in [7, 11) is 1.75. The highest BCUT2D eigenvalue weighted by Crippen LogP contribution is 2.18. The second-order valence-corrected chi connectivity index (χ2v) is 5.02. The maximum absolute atomic E-state index is 5.78. The highest BCUT2D eigenvalue weighted by Gasteiger charge is 2.07. The van der Waals surface area contributed by atoms with E-state index in [0.29, 0.717) is 11.8 Å². The number of nitrogens with one attached hydrogen (secondary N) is 1. The Labute approximate surface area is 130 Å². The highest BCUT2D eigenvalue weighted by atomic mass is 15.2. The summed E-state index contributed by atoms with van der Waals surface area (Å²) in [6.45, 7) is 5.87. The largest absolute Gasteiger partial charge is 0.368 e. The third-order valence-corrected chi connectivity index (χ3v) is 3.05. The number of aliphatic imine (C=N–C) groups is 1. The summed E-state index contributed by atoms with van der Waals surface area (Å²) in [6, 6.07) is 7.94. The first-order chi connectivity index (χ1) is 10.5. The lowest BCUT2D eigenvalue weighted by Gasteiger charge is -2.08. The van der Waals surface area contributed by atoms with Crippen molar-refractivity contribution in [2.24, 2.45) is 4.99 Å². The summed E-state index contributed by atoms with van der Waals surface area (Å²) < 4.78 is 0. The van der Waals surface area contributed by atoms with Gasteiger partial charge in [-0.1, -0.05) is 29.8 Å². The quantitative estimate of drug-likeness (QED) is 0.847. The maximum atomic E-state index is 5.78. The molecule has 0 aliphatic carbocycles. The normalized spacial score (nSPS) is 12.4. The van der Waals surface area contributed by atoms with Crippen LogP contribution in [0.25, 0.3) is 11.4 Å². The summed E-state index contributed by atoms with van der Waals surface area (Å²) in [5.74, 6) is 1.14. The minimum absolute atomic E-state index is 0.182. The molecule has 3 N–H and O–H groups in total. The third kappa shape index (κ3) is 4.12. The van der Waals surface area contributed by atoms with Crippen molar-refractivity contribution in [3.8, 4) is 11.4 Å². The summed E-state index contributed by atoms with van der Waals surface area (Å²) in [6.07, 6.45) is 1.91. The van der Waals surface area contributed by atoms with Crippen LogP contribution in [-0.4, -0.2) is 27.7 Å². The molecule has 0 unspecified atom stereocenters. The van der Waals surface area contributed by atoms with E-state index in [1.54, 1.807) is 7.05 Å². The molecule has 0 aliphatic rings. The van der Waals surface area contributed by atoms with Crippen LogP contribution in [0.4, 0.5) is 11.9 Å². The van der Waals surface area contributed by atoms with E-state index in [4.69, 9.17) is 5.73 Å². The van der Waals surface area contributed by atoms with Crippen molar-refractivity contribution in [3.05, 3.63) is 41.6 Å². The number of benzene rings is 1. The van der Waals surface area contributed by atoms with Crippen LogP contribution in [0.15, 0.2) is 41.0 Å². The number of hydrogen-bond donors (Lipinski definition) is 2. The first-order valence-corrected chi connectivity index (χ1v) is 6.95. The van der Waals surface area contributed by atoms with Crippen LogP contribution in [0.1, 0.15) is 19.4 Å². The van der Waals surface area contributed by atoms with Crippen LogP contribution in [0.2, 0.25) is 0 Å². The molecule has 2 aromatic rings. The van der Waals surface area contributed by atoms with Gasteiger partial charge in [0.2, 0.25) is 11.9 Å². The fourth-order valence-electron chi connectivity index (χ4n) is 1.87. The Hall–Kier alpha value is -2.76. The maximum Gasteiger partial charge on any atom is 0.232 e. The molecule has 0 fully saturated rings. The lowest BCUT2D eigenvalue weighted by Crippen LogP contribution is -2.07. The van der Waals surface area contributed by atoms with Crippen LogP contribution >= 0.6 is 0 Å². The minimum atomic E-state index is 0.182. The fourth-order valence-corrected chi connectivity index (χ4v) is 1.87. The molecular weight excluding hydrogens is 276 g/mol. The second kappa shape index (κ2) is 6.80. The van der Waals surface area contributed by atoms with Gasteiger partial charge in [0.15, 0.2) is 5.82 Å². The predicted molar refractivity (Wildman–Crippen MR) is 90.8 cm³/mol. The summed E-state index contributed by atoms with van der Waals surface area (Å²) >= 11 is 0.